The average molecular weight is 412 g/mol. The lowest BCUT2D eigenvalue weighted by molar-refractivity contribution is -0.143. The largest absolute Gasteiger partial charge is 0.460 e. The Balaban J connectivity index is 1.49. The minimum absolute atomic E-state index is 0.155. The van der Waals surface area contributed by atoms with Gasteiger partial charge in [-0.25, -0.2) is 4.68 Å². The van der Waals surface area contributed by atoms with Crippen LogP contribution in [0.5, 0.6) is 0 Å². The molecule has 0 fully saturated rings. The maximum absolute atomic E-state index is 12.9. The van der Waals surface area contributed by atoms with Crippen LogP contribution in [0.2, 0.25) is 0 Å². The monoisotopic (exact) mass is 412 g/mol. The molecule has 2 aromatic heterocycles. The molecule has 0 aliphatic heterocycles. The molecule has 0 spiro atoms. The fourth-order valence-corrected chi connectivity index (χ4v) is 3.01. The van der Waals surface area contributed by atoms with Gasteiger partial charge in [0, 0.05) is 24.2 Å². The van der Waals surface area contributed by atoms with Gasteiger partial charge in [-0.2, -0.15) is 5.10 Å². The van der Waals surface area contributed by atoms with Gasteiger partial charge in [0.2, 0.25) is 0 Å². The number of esters is 1. The number of aromatic nitrogens is 3. The number of carbonyl (C=O) groups excluding carboxylic acids is 2. The molecule has 0 saturated heterocycles. The predicted octanol–water partition coefficient (Wildman–Crippen LogP) is 3.41. The molecule has 7 heteroatoms. The van der Waals surface area contributed by atoms with Crippen LogP contribution in [0.3, 0.4) is 0 Å². The SMILES string of the molecule is O=C(CNC(=O)c1cn(-c2ccccc2)nc1-c1cccnc1)OCc1ccccc1. The van der Waals surface area contributed by atoms with Crippen molar-refractivity contribution in [1.29, 1.82) is 0 Å². The van der Waals surface area contributed by atoms with E-state index in [2.05, 4.69) is 15.4 Å². The van der Waals surface area contributed by atoms with Crippen LogP contribution in [0.4, 0.5) is 0 Å². The number of pyridine rings is 1. The van der Waals surface area contributed by atoms with Crippen molar-refractivity contribution in [3.63, 3.8) is 0 Å². The van der Waals surface area contributed by atoms with Crippen molar-refractivity contribution in [1.82, 2.24) is 20.1 Å². The first kappa shape index (κ1) is 20.0. The summed E-state index contributed by atoms with van der Waals surface area (Å²) < 4.78 is 6.85. The number of hydrogen-bond acceptors (Lipinski definition) is 5. The molecule has 7 nitrogen and oxygen atoms in total. The van der Waals surface area contributed by atoms with Crippen molar-refractivity contribution in [2.24, 2.45) is 0 Å². The number of carbonyl (C=O) groups is 2. The fraction of sp³-hybridized carbons (Fsp3) is 0.0833. The summed E-state index contributed by atoms with van der Waals surface area (Å²) in [7, 11) is 0. The standard InChI is InChI=1S/C24H20N4O3/c29-22(31-17-18-8-3-1-4-9-18)15-26-24(30)21-16-28(20-11-5-2-6-12-20)27-23(21)19-10-7-13-25-14-19/h1-14,16H,15,17H2,(H,26,30). The lowest BCUT2D eigenvalue weighted by Gasteiger charge is -2.07. The summed E-state index contributed by atoms with van der Waals surface area (Å²) in [6.45, 7) is -0.0862. The molecule has 2 heterocycles. The summed E-state index contributed by atoms with van der Waals surface area (Å²) in [5, 5.41) is 7.20. The quantitative estimate of drug-likeness (QED) is 0.470. The molecule has 4 rings (SSSR count). The van der Waals surface area contributed by atoms with Gasteiger partial charge in [-0.05, 0) is 29.8 Å². The first-order chi connectivity index (χ1) is 15.2. The maximum atomic E-state index is 12.9. The van der Waals surface area contributed by atoms with Gasteiger partial charge < -0.3 is 10.1 Å². The Bertz CT molecular complexity index is 1160. The van der Waals surface area contributed by atoms with Gasteiger partial charge in [-0.1, -0.05) is 48.5 Å². The van der Waals surface area contributed by atoms with E-state index in [1.807, 2.05) is 66.7 Å². The molecule has 1 N–H and O–H groups in total. The van der Waals surface area contributed by atoms with Crippen LogP contribution in [0, 0.1) is 0 Å². The van der Waals surface area contributed by atoms with E-state index in [4.69, 9.17) is 4.74 Å². The van der Waals surface area contributed by atoms with Crippen molar-refractivity contribution < 1.29 is 14.3 Å². The Hall–Kier alpha value is -4.26. The van der Waals surface area contributed by atoms with E-state index in [0.29, 0.717) is 16.8 Å². The molecule has 154 valence electrons. The van der Waals surface area contributed by atoms with E-state index in [1.165, 1.54) is 0 Å². The highest BCUT2D eigenvalue weighted by atomic mass is 16.5. The zero-order chi connectivity index (χ0) is 21.5. The summed E-state index contributed by atoms with van der Waals surface area (Å²) in [6, 6.07) is 22.4. The number of ether oxygens (including phenoxy) is 1. The van der Waals surface area contributed by atoms with Crippen molar-refractivity contribution in [3.8, 4) is 16.9 Å². The number of amides is 1. The average Bonchev–Trinajstić information content (AvgIpc) is 3.29. The number of nitrogens with zero attached hydrogens (tertiary/aromatic N) is 3. The van der Waals surface area contributed by atoms with E-state index in [1.54, 1.807) is 29.3 Å². The molecule has 0 radical (unpaired) electrons. The third kappa shape index (κ3) is 5.02. The van der Waals surface area contributed by atoms with Gasteiger partial charge in [0.05, 0.1) is 11.3 Å². The van der Waals surface area contributed by atoms with Crippen LogP contribution in [-0.4, -0.2) is 33.2 Å². The molecule has 0 atom stereocenters. The normalized spacial score (nSPS) is 10.5. The number of para-hydroxylation sites is 1. The molecule has 4 aromatic rings. The third-order valence-corrected chi connectivity index (χ3v) is 4.55. The van der Waals surface area contributed by atoms with E-state index in [9.17, 15) is 9.59 Å². The van der Waals surface area contributed by atoms with Gasteiger partial charge in [-0.3, -0.25) is 14.6 Å². The number of benzene rings is 2. The minimum Gasteiger partial charge on any atom is -0.460 e. The predicted molar refractivity (Wildman–Crippen MR) is 115 cm³/mol. The Kier molecular flexibility index (Phi) is 6.13. The van der Waals surface area contributed by atoms with Gasteiger partial charge in [0.1, 0.15) is 18.8 Å². The van der Waals surface area contributed by atoms with Gasteiger partial charge in [-0.15, -0.1) is 0 Å². The molecule has 2 aromatic carbocycles. The zero-order valence-corrected chi connectivity index (χ0v) is 16.6. The molecule has 0 aliphatic rings. The zero-order valence-electron chi connectivity index (χ0n) is 16.6. The molecule has 0 saturated carbocycles. The number of hydrogen-bond donors (Lipinski definition) is 1. The Morgan fingerprint density at radius 2 is 1.68 bits per heavy atom. The molecule has 0 aliphatic carbocycles. The summed E-state index contributed by atoms with van der Waals surface area (Å²) in [5.41, 5.74) is 3.22. The summed E-state index contributed by atoms with van der Waals surface area (Å²) in [6.07, 6.45) is 4.94. The highest BCUT2D eigenvalue weighted by Gasteiger charge is 2.19. The molecule has 1 amide bonds. The van der Waals surface area contributed by atoms with Crippen molar-refractivity contribution >= 4 is 11.9 Å². The Morgan fingerprint density at radius 3 is 2.39 bits per heavy atom. The van der Waals surface area contributed by atoms with Gasteiger partial charge in [0.15, 0.2) is 0 Å². The van der Waals surface area contributed by atoms with Crippen LogP contribution in [0.1, 0.15) is 15.9 Å². The molecule has 0 unspecified atom stereocenters. The second-order valence-corrected chi connectivity index (χ2v) is 6.74. The highest BCUT2D eigenvalue weighted by molar-refractivity contribution is 6.01. The number of rotatable bonds is 7. The maximum Gasteiger partial charge on any atom is 0.325 e. The van der Waals surface area contributed by atoms with E-state index in [0.717, 1.165) is 11.3 Å². The van der Waals surface area contributed by atoms with E-state index < -0.39 is 11.9 Å². The second kappa shape index (κ2) is 9.49. The van der Waals surface area contributed by atoms with E-state index in [-0.39, 0.29) is 13.2 Å². The fourth-order valence-electron chi connectivity index (χ4n) is 3.01. The Morgan fingerprint density at radius 1 is 0.935 bits per heavy atom. The summed E-state index contributed by atoms with van der Waals surface area (Å²) in [5.74, 6) is -0.937. The second-order valence-electron chi connectivity index (χ2n) is 6.74. The molecular formula is C24H20N4O3. The van der Waals surface area contributed by atoms with Crippen LogP contribution < -0.4 is 5.32 Å². The smallest absolute Gasteiger partial charge is 0.325 e. The Labute approximate surface area is 179 Å². The van der Waals surface area contributed by atoms with E-state index >= 15 is 0 Å². The van der Waals surface area contributed by atoms with Crippen LogP contribution in [-0.2, 0) is 16.1 Å². The van der Waals surface area contributed by atoms with Crippen LogP contribution >= 0.6 is 0 Å². The lowest BCUT2D eigenvalue weighted by Crippen LogP contribution is -2.30. The van der Waals surface area contributed by atoms with Crippen LogP contribution in [0.25, 0.3) is 16.9 Å². The molecular weight excluding hydrogens is 392 g/mol. The van der Waals surface area contributed by atoms with Crippen molar-refractivity contribution in [2.45, 2.75) is 6.61 Å². The summed E-state index contributed by atoms with van der Waals surface area (Å²) in [4.78, 5) is 29.1. The number of nitrogens with one attached hydrogen (secondary N) is 1. The minimum atomic E-state index is -0.518. The molecule has 0 bridgehead atoms. The van der Waals surface area contributed by atoms with Crippen LogP contribution in [0.15, 0.2) is 91.4 Å². The highest BCUT2D eigenvalue weighted by Crippen LogP contribution is 2.23. The first-order valence-corrected chi connectivity index (χ1v) is 9.74. The van der Waals surface area contributed by atoms with Crippen molar-refractivity contribution in [2.75, 3.05) is 6.54 Å². The molecule has 31 heavy (non-hydrogen) atoms. The lowest BCUT2D eigenvalue weighted by atomic mass is 10.1. The third-order valence-electron chi connectivity index (χ3n) is 4.55. The first-order valence-electron chi connectivity index (χ1n) is 9.74. The summed E-state index contributed by atoms with van der Waals surface area (Å²) >= 11 is 0. The van der Waals surface area contributed by atoms with Crippen molar-refractivity contribution in [3.05, 3.63) is 103 Å². The topological polar surface area (TPSA) is 86.1 Å². The van der Waals surface area contributed by atoms with Gasteiger partial charge >= 0.3 is 5.97 Å². The van der Waals surface area contributed by atoms with Gasteiger partial charge in [0.25, 0.3) is 5.91 Å².